The van der Waals surface area contributed by atoms with Gasteiger partial charge in [0.15, 0.2) is 0 Å². The molecule has 0 aromatic heterocycles. The fourth-order valence-corrected chi connectivity index (χ4v) is 1.12. The van der Waals surface area contributed by atoms with E-state index in [4.69, 9.17) is 16.3 Å². The molecule has 0 aliphatic heterocycles. The van der Waals surface area contributed by atoms with E-state index in [0.29, 0.717) is 11.6 Å². The normalized spacial score (nSPS) is 9.07. The molecule has 3 heteroatoms. The van der Waals surface area contributed by atoms with Gasteiger partial charge in [0.05, 0.1) is 18.7 Å². The van der Waals surface area contributed by atoms with Crippen molar-refractivity contribution in [2.24, 2.45) is 0 Å². The van der Waals surface area contributed by atoms with E-state index in [1.54, 1.807) is 13.2 Å². The van der Waals surface area contributed by atoms with E-state index in [1.807, 2.05) is 19.2 Å². The first kappa shape index (κ1) is 10.9. The Morgan fingerprint density at radius 3 is 2.93 bits per heavy atom. The topological polar surface area (TPSA) is 21.3 Å². The van der Waals surface area contributed by atoms with Crippen molar-refractivity contribution in [1.82, 2.24) is 5.32 Å². The third-order valence-electron chi connectivity index (χ3n) is 1.66. The highest BCUT2D eigenvalue weighted by atomic mass is 35.5. The zero-order valence-electron chi connectivity index (χ0n) is 8.23. The lowest BCUT2D eigenvalue weighted by Gasteiger charge is -2.01. The van der Waals surface area contributed by atoms with E-state index >= 15 is 0 Å². The molecule has 0 bridgehead atoms. The fraction of sp³-hybridized carbons (Fsp3) is 0.273. The highest BCUT2D eigenvalue weighted by Gasteiger charge is 1.98. The minimum absolute atomic E-state index is 0.646. The Hall–Kier alpha value is -1.17. The van der Waals surface area contributed by atoms with Crippen LogP contribution in [-0.2, 0) is 0 Å². The Balaban J connectivity index is 2.91. The maximum atomic E-state index is 5.95. The molecule has 0 fully saturated rings. The summed E-state index contributed by atoms with van der Waals surface area (Å²) in [6.07, 6.45) is 0. The van der Waals surface area contributed by atoms with Crippen molar-refractivity contribution in [2.75, 3.05) is 20.7 Å². The van der Waals surface area contributed by atoms with Gasteiger partial charge in [-0.3, -0.25) is 0 Å². The molecular weight excluding hydrogens is 198 g/mol. The smallest absolute Gasteiger partial charge is 0.120 e. The first-order valence-corrected chi connectivity index (χ1v) is 4.62. The van der Waals surface area contributed by atoms with Crippen LogP contribution in [0.15, 0.2) is 18.2 Å². The predicted octanol–water partition coefficient (Wildman–Crippen LogP) is 1.92. The number of hydrogen-bond acceptors (Lipinski definition) is 2. The van der Waals surface area contributed by atoms with Crippen LogP contribution in [0.25, 0.3) is 0 Å². The van der Waals surface area contributed by atoms with Crippen molar-refractivity contribution in [2.45, 2.75) is 0 Å². The number of benzene rings is 1. The summed E-state index contributed by atoms with van der Waals surface area (Å²) in [5.74, 6) is 6.67. The first-order valence-electron chi connectivity index (χ1n) is 4.25. The van der Waals surface area contributed by atoms with Gasteiger partial charge in [-0.2, -0.15) is 0 Å². The highest BCUT2D eigenvalue weighted by molar-refractivity contribution is 6.31. The molecule has 0 atom stereocenters. The average molecular weight is 210 g/mol. The summed E-state index contributed by atoms with van der Waals surface area (Å²) in [5, 5.41) is 3.59. The average Bonchev–Trinajstić information content (AvgIpc) is 2.21. The number of nitrogens with one attached hydrogen (secondary N) is 1. The SMILES string of the molecule is CNCC#Cc1cc(OC)ccc1Cl. The Bertz CT molecular complexity index is 365. The highest BCUT2D eigenvalue weighted by Crippen LogP contribution is 2.20. The molecule has 1 N–H and O–H groups in total. The standard InChI is InChI=1S/C11H12ClNO/c1-13-7-3-4-9-8-10(14-2)5-6-11(9)12/h5-6,8,13H,7H2,1-2H3. The minimum atomic E-state index is 0.646. The molecule has 0 aliphatic carbocycles. The van der Waals surface area contributed by atoms with Gasteiger partial charge in [0.2, 0.25) is 0 Å². The molecule has 0 radical (unpaired) electrons. The summed E-state index contributed by atoms with van der Waals surface area (Å²) >= 11 is 5.95. The van der Waals surface area contributed by atoms with Crippen LogP contribution in [0.1, 0.15) is 5.56 Å². The zero-order chi connectivity index (χ0) is 10.4. The van der Waals surface area contributed by atoms with Crippen LogP contribution in [0, 0.1) is 11.8 Å². The van der Waals surface area contributed by atoms with Gasteiger partial charge < -0.3 is 10.1 Å². The molecule has 0 saturated heterocycles. The number of methoxy groups -OCH3 is 1. The van der Waals surface area contributed by atoms with E-state index in [0.717, 1.165) is 11.3 Å². The van der Waals surface area contributed by atoms with Crippen molar-refractivity contribution in [1.29, 1.82) is 0 Å². The van der Waals surface area contributed by atoms with Gasteiger partial charge in [0.25, 0.3) is 0 Å². The van der Waals surface area contributed by atoms with Crippen LogP contribution in [0.4, 0.5) is 0 Å². The van der Waals surface area contributed by atoms with Crippen LogP contribution in [-0.4, -0.2) is 20.7 Å². The number of halogens is 1. The van der Waals surface area contributed by atoms with Crippen LogP contribution in [0.3, 0.4) is 0 Å². The van der Waals surface area contributed by atoms with Crippen LogP contribution in [0.5, 0.6) is 5.75 Å². The maximum Gasteiger partial charge on any atom is 0.120 e. The second-order valence-electron chi connectivity index (χ2n) is 2.68. The van der Waals surface area contributed by atoms with Gasteiger partial charge in [0, 0.05) is 5.56 Å². The van der Waals surface area contributed by atoms with Crippen molar-refractivity contribution in [3.63, 3.8) is 0 Å². The fourth-order valence-electron chi connectivity index (χ4n) is 0.955. The second-order valence-corrected chi connectivity index (χ2v) is 3.09. The van der Waals surface area contributed by atoms with Crippen LogP contribution in [0.2, 0.25) is 5.02 Å². The Morgan fingerprint density at radius 2 is 2.29 bits per heavy atom. The molecule has 0 unspecified atom stereocenters. The van der Waals surface area contributed by atoms with Crippen molar-refractivity contribution in [3.05, 3.63) is 28.8 Å². The van der Waals surface area contributed by atoms with Gasteiger partial charge >= 0.3 is 0 Å². The molecule has 1 aromatic carbocycles. The van der Waals surface area contributed by atoms with Crippen LogP contribution >= 0.6 is 11.6 Å². The summed E-state index contributed by atoms with van der Waals surface area (Å²) in [4.78, 5) is 0. The van der Waals surface area contributed by atoms with E-state index in [-0.39, 0.29) is 0 Å². The number of hydrogen-bond donors (Lipinski definition) is 1. The van der Waals surface area contributed by atoms with Gasteiger partial charge in [-0.1, -0.05) is 23.4 Å². The lowest BCUT2D eigenvalue weighted by molar-refractivity contribution is 0.414. The second kappa shape index (κ2) is 5.54. The summed E-state index contributed by atoms with van der Waals surface area (Å²) in [7, 11) is 3.47. The number of rotatable bonds is 2. The lowest BCUT2D eigenvalue weighted by Crippen LogP contribution is -2.04. The molecule has 0 saturated carbocycles. The molecule has 0 aliphatic rings. The van der Waals surface area contributed by atoms with Gasteiger partial charge in [-0.05, 0) is 25.2 Å². The van der Waals surface area contributed by atoms with E-state index in [2.05, 4.69) is 17.2 Å². The lowest BCUT2D eigenvalue weighted by atomic mass is 10.2. The molecule has 2 nitrogen and oxygen atoms in total. The van der Waals surface area contributed by atoms with Gasteiger partial charge in [-0.25, -0.2) is 0 Å². The summed E-state index contributed by atoms with van der Waals surface area (Å²) in [6, 6.07) is 5.42. The molecule has 14 heavy (non-hydrogen) atoms. The number of ether oxygens (including phenoxy) is 1. The molecular formula is C11H12ClNO. The molecule has 74 valence electrons. The molecule has 1 aromatic rings. The Morgan fingerprint density at radius 1 is 1.50 bits per heavy atom. The van der Waals surface area contributed by atoms with Crippen molar-refractivity contribution in [3.8, 4) is 17.6 Å². The van der Waals surface area contributed by atoms with Crippen molar-refractivity contribution < 1.29 is 4.74 Å². The summed E-state index contributed by atoms with van der Waals surface area (Å²) in [5.41, 5.74) is 0.793. The Labute approximate surface area is 89.2 Å². The minimum Gasteiger partial charge on any atom is -0.497 e. The molecule has 0 amide bonds. The largest absolute Gasteiger partial charge is 0.497 e. The Kier molecular flexibility index (Phi) is 4.31. The molecule has 0 spiro atoms. The third-order valence-corrected chi connectivity index (χ3v) is 1.99. The predicted molar refractivity (Wildman–Crippen MR) is 58.8 cm³/mol. The quantitative estimate of drug-likeness (QED) is 0.752. The van der Waals surface area contributed by atoms with E-state index in [1.165, 1.54) is 0 Å². The van der Waals surface area contributed by atoms with Crippen molar-refractivity contribution >= 4 is 11.6 Å². The first-order chi connectivity index (χ1) is 6.77. The monoisotopic (exact) mass is 209 g/mol. The van der Waals surface area contributed by atoms with E-state index < -0.39 is 0 Å². The molecule has 0 heterocycles. The summed E-state index contributed by atoms with van der Waals surface area (Å²) < 4.78 is 5.07. The van der Waals surface area contributed by atoms with E-state index in [9.17, 15) is 0 Å². The maximum absolute atomic E-state index is 5.95. The molecule has 1 rings (SSSR count). The van der Waals surface area contributed by atoms with Crippen LogP contribution < -0.4 is 10.1 Å². The summed E-state index contributed by atoms with van der Waals surface area (Å²) in [6.45, 7) is 0.646. The van der Waals surface area contributed by atoms with Gasteiger partial charge in [0.1, 0.15) is 5.75 Å². The van der Waals surface area contributed by atoms with Gasteiger partial charge in [-0.15, -0.1) is 0 Å². The third kappa shape index (κ3) is 2.95. The zero-order valence-corrected chi connectivity index (χ0v) is 8.98.